The maximum absolute atomic E-state index is 13.1. The molecule has 1 amide bonds. The van der Waals surface area contributed by atoms with Gasteiger partial charge in [0.25, 0.3) is 5.91 Å². The number of aromatic nitrogens is 4. The highest BCUT2D eigenvalue weighted by Crippen LogP contribution is 2.20. The van der Waals surface area contributed by atoms with Gasteiger partial charge in [0.2, 0.25) is 0 Å². The fraction of sp³-hybridized carbons (Fsp3) is 0.435. The van der Waals surface area contributed by atoms with Crippen molar-refractivity contribution in [3.05, 3.63) is 60.3 Å². The minimum atomic E-state index is 0.0588. The Balaban J connectivity index is 1.33. The van der Waals surface area contributed by atoms with Crippen molar-refractivity contribution in [3.8, 4) is 11.3 Å². The summed E-state index contributed by atoms with van der Waals surface area (Å²) in [6.45, 7) is 9.51. The number of nitrogens with zero attached hydrogens (tertiary/aromatic N) is 6. The van der Waals surface area contributed by atoms with Crippen molar-refractivity contribution in [3.63, 3.8) is 0 Å². The standard InChI is InChI=1S/C23H30N6O/c1-18(2)22-24-9-10-28(22)14-11-27-12-15-29(16-13-27)23(30)21-17-20(25-26(21)3)19-7-5-4-6-8-19/h4-10,17-18H,11-16H2,1-3H3. The Kier molecular flexibility index (Phi) is 5.99. The van der Waals surface area contributed by atoms with Crippen LogP contribution in [0.3, 0.4) is 0 Å². The number of benzene rings is 1. The lowest BCUT2D eigenvalue weighted by molar-refractivity contribution is 0.0622. The molecule has 3 heterocycles. The van der Waals surface area contributed by atoms with E-state index in [1.807, 2.05) is 54.5 Å². The van der Waals surface area contributed by atoms with Crippen molar-refractivity contribution in [1.82, 2.24) is 29.1 Å². The molecular weight excluding hydrogens is 376 g/mol. The van der Waals surface area contributed by atoms with Gasteiger partial charge in [-0.25, -0.2) is 4.98 Å². The van der Waals surface area contributed by atoms with Crippen molar-refractivity contribution in [2.75, 3.05) is 32.7 Å². The summed E-state index contributed by atoms with van der Waals surface area (Å²) in [6.07, 6.45) is 3.94. The van der Waals surface area contributed by atoms with E-state index < -0.39 is 0 Å². The Morgan fingerprint density at radius 3 is 2.50 bits per heavy atom. The van der Waals surface area contributed by atoms with Gasteiger partial charge in [-0.05, 0) is 6.07 Å². The highest BCUT2D eigenvalue weighted by Gasteiger charge is 2.25. The van der Waals surface area contributed by atoms with Crippen molar-refractivity contribution < 1.29 is 4.79 Å². The summed E-state index contributed by atoms with van der Waals surface area (Å²) in [6, 6.07) is 11.9. The van der Waals surface area contributed by atoms with E-state index in [0.29, 0.717) is 11.6 Å². The molecule has 1 aliphatic heterocycles. The molecule has 1 saturated heterocycles. The van der Waals surface area contributed by atoms with Crippen LogP contribution in [0.25, 0.3) is 11.3 Å². The third-order valence-corrected chi connectivity index (χ3v) is 5.75. The molecule has 0 saturated carbocycles. The van der Waals surface area contributed by atoms with Crippen molar-refractivity contribution in [2.24, 2.45) is 7.05 Å². The zero-order valence-electron chi connectivity index (χ0n) is 18.0. The molecule has 0 aliphatic carbocycles. The van der Waals surface area contributed by atoms with Gasteiger partial charge in [-0.1, -0.05) is 44.2 Å². The smallest absolute Gasteiger partial charge is 0.272 e. The van der Waals surface area contributed by atoms with Gasteiger partial charge in [0.05, 0.1) is 5.69 Å². The Labute approximate surface area is 177 Å². The lowest BCUT2D eigenvalue weighted by Gasteiger charge is -2.34. The quantitative estimate of drug-likeness (QED) is 0.632. The van der Waals surface area contributed by atoms with E-state index in [1.165, 1.54) is 0 Å². The van der Waals surface area contributed by atoms with Crippen LogP contribution in [0, 0.1) is 0 Å². The molecule has 158 valence electrons. The van der Waals surface area contributed by atoms with Crippen LogP contribution in [0.15, 0.2) is 48.8 Å². The molecule has 0 atom stereocenters. The van der Waals surface area contributed by atoms with Crippen LogP contribution < -0.4 is 0 Å². The number of rotatable bonds is 6. The second kappa shape index (κ2) is 8.83. The summed E-state index contributed by atoms with van der Waals surface area (Å²) in [4.78, 5) is 21.9. The molecule has 7 heteroatoms. The molecule has 0 bridgehead atoms. The zero-order chi connectivity index (χ0) is 21.1. The average Bonchev–Trinajstić information content (AvgIpc) is 3.39. The first-order chi connectivity index (χ1) is 14.5. The summed E-state index contributed by atoms with van der Waals surface area (Å²) < 4.78 is 3.94. The van der Waals surface area contributed by atoms with Crippen LogP contribution >= 0.6 is 0 Å². The lowest BCUT2D eigenvalue weighted by Crippen LogP contribution is -2.49. The number of imidazole rings is 1. The zero-order valence-corrected chi connectivity index (χ0v) is 18.0. The summed E-state index contributed by atoms with van der Waals surface area (Å²) in [7, 11) is 1.84. The Morgan fingerprint density at radius 2 is 1.80 bits per heavy atom. The number of carbonyl (C=O) groups excluding carboxylic acids is 1. The monoisotopic (exact) mass is 406 g/mol. The topological polar surface area (TPSA) is 59.2 Å². The normalized spacial score (nSPS) is 15.1. The van der Waals surface area contributed by atoms with Crippen LogP contribution in [-0.4, -0.2) is 67.8 Å². The van der Waals surface area contributed by atoms with Crippen molar-refractivity contribution in [2.45, 2.75) is 26.3 Å². The van der Waals surface area contributed by atoms with E-state index in [2.05, 4.69) is 39.6 Å². The first-order valence-corrected chi connectivity index (χ1v) is 10.6. The summed E-state index contributed by atoms with van der Waals surface area (Å²) in [5, 5.41) is 4.54. The molecule has 4 rings (SSSR count). The van der Waals surface area contributed by atoms with E-state index in [4.69, 9.17) is 0 Å². The largest absolute Gasteiger partial charge is 0.335 e. The van der Waals surface area contributed by atoms with Crippen LogP contribution in [0.5, 0.6) is 0 Å². The second-order valence-electron chi connectivity index (χ2n) is 8.17. The first kappa shape index (κ1) is 20.3. The average molecular weight is 407 g/mol. The Bertz CT molecular complexity index is 982. The molecule has 0 N–H and O–H groups in total. The fourth-order valence-electron chi connectivity index (χ4n) is 4.01. The molecule has 0 spiro atoms. The maximum atomic E-state index is 13.1. The second-order valence-corrected chi connectivity index (χ2v) is 8.17. The molecule has 30 heavy (non-hydrogen) atoms. The summed E-state index contributed by atoms with van der Waals surface area (Å²) in [5.74, 6) is 1.62. The Morgan fingerprint density at radius 1 is 1.07 bits per heavy atom. The maximum Gasteiger partial charge on any atom is 0.272 e. The van der Waals surface area contributed by atoms with Crippen LogP contribution in [0.4, 0.5) is 0 Å². The third-order valence-electron chi connectivity index (χ3n) is 5.75. The van der Waals surface area contributed by atoms with E-state index in [-0.39, 0.29) is 5.91 Å². The predicted octanol–water partition coefficient (Wildman–Crippen LogP) is 2.87. The van der Waals surface area contributed by atoms with E-state index in [1.54, 1.807) is 4.68 Å². The number of amides is 1. The predicted molar refractivity (Wildman–Crippen MR) is 117 cm³/mol. The van der Waals surface area contributed by atoms with Crippen LogP contribution in [0.2, 0.25) is 0 Å². The number of hydrogen-bond acceptors (Lipinski definition) is 4. The molecule has 1 aromatic carbocycles. The number of hydrogen-bond donors (Lipinski definition) is 0. The molecule has 0 radical (unpaired) electrons. The van der Waals surface area contributed by atoms with E-state index in [9.17, 15) is 4.79 Å². The van der Waals surface area contributed by atoms with Gasteiger partial charge in [0.1, 0.15) is 11.5 Å². The third kappa shape index (κ3) is 4.31. The van der Waals surface area contributed by atoms with Gasteiger partial charge in [-0.15, -0.1) is 0 Å². The Hall–Kier alpha value is -2.93. The molecule has 2 aromatic heterocycles. The van der Waals surface area contributed by atoms with Crippen molar-refractivity contribution >= 4 is 5.91 Å². The van der Waals surface area contributed by atoms with Crippen LogP contribution in [-0.2, 0) is 13.6 Å². The molecule has 3 aromatic rings. The molecule has 1 fully saturated rings. The van der Waals surface area contributed by atoms with E-state index >= 15 is 0 Å². The summed E-state index contributed by atoms with van der Waals surface area (Å²) in [5.41, 5.74) is 2.50. The fourth-order valence-corrected chi connectivity index (χ4v) is 4.01. The van der Waals surface area contributed by atoms with Crippen molar-refractivity contribution in [1.29, 1.82) is 0 Å². The minimum Gasteiger partial charge on any atom is -0.335 e. The molecule has 0 unspecified atom stereocenters. The molecule has 1 aliphatic rings. The number of carbonyl (C=O) groups is 1. The van der Waals surface area contributed by atoms with Gasteiger partial charge in [0.15, 0.2) is 0 Å². The number of piperazine rings is 1. The van der Waals surface area contributed by atoms with Gasteiger partial charge in [-0.3, -0.25) is 14.4 Å². The van der Waals surface area contributed by atoms with Crippen LogP contribution in [0.1, 0.15) is 36.1 Å². The molecule has 7 nitrogen and oxygen atoms in total. The number of aryl methyl sites for hydroxylation is 1. The van der Waals surface area contributed by atoms with Gasteiger partial charge >= 0.3 is 0 Å². The lowest BCUT2D eigenvalue weighted by atomic mass is 10.1. The van der Waals surface area contributed by atoms with Gasteiger partial charge in [-0.2, -0.15) is 5.10 Å². The highest BCUT2D eigenvalue weighted by atomic mass is 16.2. The van der Waals surface area contributed by atoms with E-state index in [0.717, 1.165) is 56.4 Å². The first-order valence-electron chi connectivity index (χ1n) is 10.6. The van der Waals surface area contributed by atoms with Gasteiger partial charge in [0, 0.05) is 70.2 Å². The minimum absolute atomic E-state index is 0.0588. The SMILES string of the molecule is CC(C)c1nccn1CCN1CCN(C(=O)c2cc(-c3ccccc3)nn2C)CC1. The summed E-state index contributed by atoms with van der Waals surface area (Å²) >= 11 is 0. The van der Waals surface area contributed by atoms with Gasteiger partial charge < -0.3 is 9.47 Å². The molecular formula is C23H30N6O. The highest BCUT2D eigenvalue weighted by molar-refractivity contribution is 5.93.